The number of aromatic amines is 1. The lowest BCUT2D eigenvalue weighted by atomic mass is 10.0. The van der Waals surface area contributed by atoms with E-state index in [0.717, 1.165) is 5.92 Å². The summed E-state index contributed by atoms with van der Waals surface area (Å²) in [6.45, 7) is 2.24. The van der Waals surface area contributed by atoms with Gasteiger partial charge < -0.3 is 4.98 Å². The van der Waals surface area contributed by atoms with Gasteiger partial charge in [0.05, 0.1) is 0 Å². The van der Waals surface area contributed by atoms with Crippen LogP contribution in [0, 0.1) is 5.92 Å². The largest absolute Gasteiger partial charge is 0.348 e. The summed E-state index contributed by atoms with van der Waals surface area (Å²) in [6.07, 6.45) is 7.79. The smallest absolute Gasteiger partial charge is 0.109 e. The molecule has 1 N–H and O–H groups in total. The van der Waals surface area contributed by atoms with Crippen LogP contribution in [0.3, 0.4) is 0 Å². The summed E-state index contributed by atoms with van der Waals surface area (Å²) in [7, 11) is 0. The van der Waals surface area contributed by atoms with Crippen molar-refractivity contribution < 1.29 is 0 Å². The normalized spacial score (nSPS) is 20.1. The van der Waals surface area contributed by atoms with E-state index in [1.54, 1.807) is 0 Å². The van der Waals surface area contributed by atoms with Gasteiger partial charge in [0.2, 0.25) is 0 Å². The summed E-state index contributed by atoms with van der Waals surface area (Å²) in [4.78, 5) is 7.49. The molecular formula is C9H14N2. The van der Waals surface area contributed by atoms with E-state index in [1.165, 1.54) is 25.1 Å². The highest BCUT2D eigenvalue weighted by molar-refractivity contribution is 5.02. The Kier molecular flexibility index (Phi) is 1.68. The van der Waals surface area contributed by atoms with Crippen molar-refractivity contribution in [1.29, 1.82) is 0 Å². The minimum Gasteiger partial charge on any atom is -0.348 e. The van der Waals surface area contributed by atoms with E-state index < -0.39 is 0 Å². The number of aromatic nitrogens is 2. The molecule has 2 nitrogen and oxygen atoms in total. The molecule has 0 amide bonds. The van der Waals surface area contributed by atoms with Crippen molar-refractivity contribution in [2.75, 3.05) is 0 Å². The average molecular weight is 150 g/mol. The monoisotopic (exact) mass is 150 g/mol. The van der Waals surface area contributed by atoms with Crippen LogP contribution in [0.4, 0.5) is 0 Å². The number of nitrogens with one attached hydrogen (secondary N) is 1. The summed E-state index contributed by atoms with van der Waals surface area (Å²) in [5, 5.41) is 0. The Morgan fingerprint density at radius 2 is 2.55 bits per heavy atom. The van der Waals surface area contributed by atoms with Crippen LogP contribution >= 0.6 is 0 Å². The molecule has 1 aliphatic carbocycles. The van der Waals surface area contributed by atoms with Crippen LogP contribution in [-0.4, -0.2) is 9.97 Å². The molecule has 0 aromatic carbocycles. The van der Waals surface area contributed by atoms with Crippen LogP contribution in [-0.2, 0) is 0 Å². The van der Waals surface area contributed by atoms with Gasteiger partial charge in [-0.1, -0.05) is 6.92 Å². The predicted octanol–water partition coefficient (Wildman–Crippen LogP) is 2.31. The quantitative estimate of drug-likeness (QED) is 0.703. The van der Waals surface area contributed by atoms with Gasteiger partial charge in [-0.05, 0) is 25.2 Å². The van der Waals surface area contributed by atoms with Crippen LogP contribution in [0.25, 0.3) is 0 Å². The second-order valence-corrected chi connectivity index (χ2v) is 3.33. The van der Waals surface area contributed by atoms with Crippen molar-refractivity contribution in [3.8, 4) is 0 Å². The zero-order valence-corrected chi connectivity index (χ0v) is 6.88. The Morgan fingerprint density at radius 1 is 1.73 bits per heavy atom. The molecule has 0 saturated heterocycles. The van der Waals surface area contributed by atoms with Gasteiger partial charge in [0.15, 0.2) is 0 Å². The maximum absolute atomic E-state index is 4.29. The molecule has 0 spiro atoms. The average Bonchev–Trinajstić information content (AvgIpc) is 2.68. The van der Waals surface area contributed by atoms with E-state index in [9.17, 15) is 0 Å². The first-order valence-corrected chi connectivity index (χ1v) is 4.41. The van der Waals surface area contributed by atoms with E-state index in [0.29, 0.717) is 5.92 Å². The Balaban J connectivity index is 2.11. The van der Waals surface area contributed by atoms with Crippen molar-refractivity contribution in [3.05, 3.63) is 18.2 Å². The van der Waals surface area contributed by atoms with Crippen LogP contribution in [0.5, 0.6) is 0 Å². The van der Waals surface area contributed by atoms with Gasteiger partial charge >= 0.3 is 0 Å². The zero-order valence-electron chi connectivity index (χ0n) is 6.88. The number of hydrogen-bond donors (Lipinski definition) is 1. The number of H-pyrrole nitrogens is 1. The maximum Gasteiger partial charge on any atom is 0.109 e. The van der Waals surface area contributed by atoms with Gasteiger partial charge in [0.25, 0.3) is 0 Å². The molecule has 1 atom stereocenters. The fourth-order valence-corrected chi connectivity index (χ4v) is 1.73. The summed E-state index contributed by atoms with van der Waals surface area (Å²) < 4.78 is 0. The lowest BCUT2D eigenvalue weighted by Gasteiger charge is -2.09. The lowest BCUT2D eigenvalue weighted by molar-refractivity contribution is 0.558. The summed E-state index contributed by atoms with van der Waals surface area (Å²) in [5.41, 5.74) is 0. The van der Waals surface area contributed by atoms with E-state index >= 15 is 0 Å². The molecule has 1 fully saturated rings. The molecular weight excluding hydrogens is 136 g/mol. The van der Waals surface area contributed by atoms with Crippen molar-refractivity contribution in [3.63, 3.8) is 0 Å². The first-order valence-electron chi connectivity index (χ1n) is 4.41. The Bertz CT molecular complexity index is 211. The van der Waals surface area contributed by atoms with Gasteiger partial charge in [0.1, 0.15) is 5.82 Å². The van der Waals surface area contributed by atoms with Gasteiger partial charge in [0, 0.05) is 18.3 Å². The summed E-state index contributed by atoms with van der Waals surface area (Å²) in [6, 6.07) is 0. The third kappa shape index (κ3) is 1.30. The van der Waals surface area contributed by atoms with Crippen molar-refractivity contribution in [1.82, 2.24) is 9.97 Å². The summed E-state index contributed by atoms with van der Waals surface area (Å²) >= 11 is 0. The molecule has 2 heteroatoms. The fraction of sp³-hybridized carbons (Fsp3) is 0.667. The SMILES string of the molecule is CCC(c1ncc[nH]1)C1CC1. The second kappa shape index (κ2) is 2.68. The Hall–Kier alpha value is -0.790. The van der Waals surface area contributed by atoms with E-state index in [1.807, 2.05) is 12.4 Å². The van der Waals surface area contributed by atoms with Gasteiger partial charge in [-0.15, -0.1) is 0 Å². The molecule has 1 saturated carbocycles. The Labute approximate surface area is 67.0 Å². The first-order chi connectivity index (χ1) is 5.42. The highest BCUT2D eigenvalue weighted by Gasteiger charge is 2.32. The topological polar surface area (TPSA) is 28.7 Å². The van der Waals surface area contributed by atoms with Gasteiger partial charge in [-0.2, -0.15) is 0 Å². The van der Waals surface area contributed by atoms with E-state index in [2.05, 4.69) is 16.9 Å². The van der Waals surface area contributed by atoms with Crippen molar-refractivity contribution in [2.45, 2.75) is 32.1 Å². The second-order valence-electron chi connectivity index (χ2n) is 3.33. The highest BCUT2D eigenvalue weighted by Crippen LogP contribution is 2.43. The number of hydrogen-bond acceptors (Lipinski definition) is 1. The van der Waals surface area contributed by atoms with E-state index in [-0.39, 0.29) is 0 Å². The maximum atomic E-state index is 4.29. The van der Waals surface area contributed by atoms with Crippen molar-refractivity contribution in [2.24, 2.45) is 5.92 Å². The molecule has 11 heavy (non-hydrogen) atoms. The zero-order chi connectivity index (χ0) is 7.68. The number of rotatable bonds is 3. The predicted molar refractivity (Wildman–Crippen MR) is 44.3 cm³/mol. The van der Waals surface area contributed by atoms with Crippen molar-refractivity contribution >= 4 is 0 Å². The Morgan fingerprint density at radius 3 is 3.00 bits per heavy atom. The van der Waals surface area contributed by atoms with Crippen LogP contribution in [0.1, 0.15) is 37.9 Å². The summed E-state index contributed by atoms with van der Waals surface area (Å²) in [5.74, 6) is 2.81. The molecule has 1 aromatic rings. The minimum atomic E-state index is 0.699. The highest BCUT2D eigenvalue weighted by atomic mass is 14.9. The standard InChI is InChI=1S/C9H14N2/c1-2-8(7-3-4-7)9-10-5-6-11-9/h5-8H,2-4H2,1H3,(H,10,11). The molecule has 0 aliphatic heterocycles. The molecule has 2 rings (SSSR count). The molecule has 1 unspecified atom stereocenters. The van der Waals surface area contributed by atoms with Crippen LogP contribution < -0.4 is 0 Å². The van der Waals surface area contributed by atoms with Gasteiger partial charge in [-0.3, -0.25) is 0 Å². The van der Waals surface area contributed by atoms with Crippen LogP contribution in [0.15, 0.2) is 12.4 Å². The molecule has 1 heterocycles. The third-order valence-electron chi connectivity index (χ3n) is 2.50. The number of nitrogens with zero attached hydrogens (tertiary/aromatic N) is 1. The van der Waals surface area contributed by atoms with Gasteiger partial charge in [-0.25, -0.2) is 4.98 Å². The fourth-order valence-electron chi connectivity index (χ4n) is 1.73. The molecule has 0 bridgehead atoms. The third-order valence-corrected chi connectivity index (χ3v) is 2.50. The minimum absolute atomic E-state index is 0.699. The molecule has 0 radical (unpaired) electrons. The van der Waals surface area contributed by atoms with Crippen LogP contribution in [0.2, 0.25) is 0 Å². The molecule has 60 valence electrons. The number of imidazole rings is 1. The lowest BCUT2D eigenvalue weighted by Crippen LogP contribution is -2.01. The molecule has 1 aliphatic rings. The molecule has 1 aromatic heterocycles. The first kappa shape index (κ1) is 6.89. The van der Waals surface area contributed by atoms with E-state index in [4.69, 9.17) is 0 Å².